The zero-order valence-electron chi connectivity index (χ0n) is 16.2. The number of amides is 1. The number of ether oxygens (including phenoxy) is 1. The van der Waals surface area contributed by atoms with Gasteiger partial charge in [-0.2, -0.15) is 0 Å². The summed E-state index contributed by atoms with van der Waals surface area (Å²) in [5.41, 5.74) is 4.02. The molecule has 1 heterocycles. The van der Waals surface area contributed by atoms with E-state index in [1.165, 1.54) is 0 Å². The van der Waals surface area contributed by atoms with Crippen molar-refractivity contribution < 1.29 is 14.3 Å². The van der Waals surface area contributed by atoms with Crippen molar-refractivity contribution >= 4 is 11.9 Å². The fraction of sp³-hybridized carbons (Fsp3) is 0.227. The number of ketones is 1. The summed E-state index contributed by atoms with van der Waals surface area (Å²) in [7, 11) is 0. The van der Waals surface area contributed by atoms with Gasteiger partial charge in [0.05, 0.1) is 24.8 Å². The number of alkyl carbamates (subject to hydrolysis) is 1. The van der Waals surface area contributed by atoms with E-state index in [0.29, 0.717) is 5.56 Å². The summed E-state index contributed by atoms with van der Waals surface area (Å²) in [6, 6.07) is 15.4. The molecular formula is C22H23N3O3. The number of aromatic nitrogens is 2. The fourth-order valence-electron chi connectivity index (χ4n) is 2.67. The van der Waals surface area contributed by atoms with Crippen molar-refractivity contribution in [2.24, 2.45) is 0 Å². The van der Waals surface area contributed by atoms with Crippen molar-refractivity contribution in [2.45, 2.75) is 26.4 Å². The van der Waals surface area contributed by atoms with Crippen molar-refractivity contribution in [3.63, 3.8) is 0 Å². The first-order valence-electron chi connectivity index (χ1n) is 9.01. The Kier molecular flexibility index (Phi) is 5.59. The molecule has 6 heteroatoms. The first kappa shape index (κ1) is 19.4. The van der Waals surface area contributed by atoms with Crippen LogP contribution in [0.1, 0.15) is 31.1 Å². The molecule has 1 aromatic heterocycles. The number of Topliss-reactive ketones (excluding diaryl/α,β-unsaturated/α-hetero) is 1. The molecule has 3 aromatic rings. The number of H-pyrrole nitrogens is 1. The second-order valence-corrected chi connectivity index (χ2v) is 7.40. The molecule has 0 fully saturated rings. The highest BCUT2D eigenvalue weighted by Crippen LogP contribution is 2.24. The second-order valence-electron chi connectivity index (χ2n) is 7.40. The summed E-state index contributed by atoms with van der Waals surface area (Å²) in [5, 5.41) is 2.48. The number of hydrogen-bond acceptors (Lipinski definition) is 4. The number of nitrogens with one attached hydrogen (secondary N) is 2. The minimum absolute atomic E-state index is 0.104. The normalized spacial score (nSPS) is 11.1. The van der Waals surface area contributed by atoms with E-state index in [1.54, 1.807) is 45.4 Å². The molecule has 0 saturated heterocycles. The maximum Gasteiger partial charge on any atom is 0.408 e. The molecule has 0 saturated carbocycles. The van der Waals surface area contributed by atoms with E-state index in [2.05, 4.69) is 15.3 Å². The maximum atomic E-state index is 12.3. The molecule has 2 N–H and O–H groups in total. The molecule has 28 heavy (non-hydrogen) atoms. The number of carbonyl (C=O) groups is 2. The average Bonchev–Trinajstić information content (AvgIpc) is 3.20. The Hall–Kier alpha value is -3.41. The summed E-state index contributed by atoms with van der Waals surface area (Å²) in [6.07, 6.45) is 2.83. The van der Waals surface area contributed by atoms with Crippen molar-refractivity contribution in [3.05, 3.63) is 66.6 Å². The van der Waals surface area contributed by atoms with E-state index in [0.717, 1.165) is 22.4 Å². The Morgan fingerprint density at radius 2 is 1.54 bits per heavy atom. The van der Waals surface area contributed by atoms with Gasteiger partial charge in [-0.25, -0.2) is 9.78 Å². The SMILES string of the molecule is CC(C)(C)OC(=O)NCC(=O)c1ccc(-c2ccc(-c3cnc[nH]3)cc2)cc1. The lowest BCUT2D eigenvalue weighted by Crippen LogP contribution is -2.35. The van der Waals surface area contributed by atoms with Crippen LogP contribution < -0.4 is 5.32 Å². The summed E-state index contributed by atoms with van der Waals surface area (Å²) in [4.78, 5) is 31.0. The van der Waals surface area contributed by atoms with Crippen LogP contribution in [0.25, 0.3) is 22.4 Å². The van der Waals surface area contributed by atoms with Crippen LogP contribution in [0, 0.1) is 0 Å². The predicted molar refractivity (Wildman–Crippen MR) is 108 cm³/mol. The van der Waals surface area contributed by atoms with Gasteiger partial charge in [-0.1, -0.05) is 48.5 Å². The zero-order valence-corrected chi connectivity index (χ0v) is 16.2. The van der Waals surface area contributed by atoms with Gasteiger partial charge in [-0.3, -0.25) is 4.79 Å². The fourth-order valence-corrected chi connectivity index (χ4v) is 2.67. The number of aromatic amines is 1. The molecule has 0 aliphatic rings. The van der Waals surface area contributed by atoms with E-state index in [4.69, 9.17) is 4.74 Å². The van der Waals surface area contributed by atoms with Crippen molar-refractivity contribution in [2.75, 3.05) is 6.54 Å². The Morgan fingerprint density at radius 1 is 0.964 bits per heavy atom. The van der Waals surface area contributed by atoms with Gasteiger partial charge in [0.2, 0.25) is 0 Å². The van der Waals surface area contributed by atoms with Crippen LogP contribution in [0.5, 0.6) is 0 Å². The van der Waals surface area contributed by atoms with E-state index in [-0.39, 0.29) is 12.3 Å². The first-order valence-corrected chi connectivity index (χ1v) is 9.01. The van der Waals surface area contributed by atoms with Crippen LogP contribution in [0.2, 0.25) is 0 Å². The molecule has 2 aromatic carbocycles. The van der Waals surface area contributed by atoms with Gasteiger partial charge in [0.25, 0.3) is 0 Å². The molecule has 6 nitrogen and oxygen atoms in total. The number of hydrogen-bond donors (Lipinski definition) is 2. The Morgan fingerprint density at radius 3 is 2.07 bits per heavy atom. The smallest absolute Gasteiger partial charge is 0.408 e. The van der Waals surface area contributed by atoms with Crippen molar-refractivity contribution in [3.8, 4) is 22.4 Å². The molecule has 0 bridgehead atoms. The van der Waals surface area contributed by atoms with E-state index in [9.17, 15) is 9.59 Å². The monoisotopic (exact) mass is 377 g/mol. The summed E-state index contributed by atoms with van der Waals surface area (Å²) in [5.74, 6) is -0.174. The topological polar surface area (TPSA) is 84.1 Å². The third-order valence-electron chi connectivity index (χ3n) is 4.03. The van der Waals surface area contributed by atoms with E-state index < -0.39 is 11.7 Å². The third kappa shape index (κ3) is 5.07. The lowest BCUT2D eigenvalue weighted by molar-refractivity contribution is 0.0520. The van der Waals surface area contributed by atoms with Gasteiger partial charge in [0, 0.05) is 5.56 Å². The summed E-state index contributed by atoms with van der Waals surface area (Å²) in [6.45, 7) is 5.21. The minimum Gasteiger partial charge on any atom is -0.444 e. The molecular weight excluding hydrogens is 354 g/mol. The van der Waals surface area contributed by atoms with E-state index in [1.807, 2.05) is 36.4 Å². The highest BCUT2D eigenvalue weighted by molar-refractivity contribution is 5.99. The minimum atomic E-state index is -0.602. The van der Waals surface area contributed by atoms with Crippen LogP contribution in [0.15, 0.2) is 61.1 Å². The Balaban J connectivity index is 1.61. The number of imidazole rings is 1. The summed E-state index contributed by atoms with van der Waals surface area (Å²) >= 11 is 0. The van der Waals surface area contributed by atoms with Crippen LogP contribution in [0.3, 0.4) is 0 Å². The van der Waals surface area contributed by atoms with Crippen LogP contribution in [-0.2, 0) is 4.74 Å². The lowest BCUT2D eigenvalue weighted by atomic mass is 10.0. The largest absolute Gasteiger partial charge is 0.444 e. The standard InChI is InChI=1S/C22H23N3O3/c1-22(2,3)28-21(27)24-13-20(26)18-10-6-16(7-11-18)15-4-8-17(9-5-15)19-12-23-14-25-19/h4-12,14H,13H2,1-3H3,(H,23,25)(H,24,27). The highest BCUT2D eigenvalue weighted by atomic mass is 16.6. The Bertz CT molecular complexity index is 938. The highest BCUT2D eigenvalue weighted by Gasteiger charge is 2.17. The van der Waals surface area contributed by atoms with Crippen molar-refractivity contribution in [1.29, 1.82) is 0 Å². The molecule has 0 spiro atoms. The number of carbonyl (C=O) groups excluding carboxylic acids is 2. The van der Waals surface area contributed by atoms with E-state index >= 15 is 0 Å². The molecule has 1 amide bonds. The number of nitrogens with zero attached hydrogens (tertiary/aromatic N) is 1. The van der Waals surface area contributed by atoms with Gasteiger partial charge in [0.1, 0.15) is 5.60 Å². The zero-order chi connectivity index (χ0) is 20.1. The van der Waals surface area contributed by atoms with Crippen molar-refractivity contribution in [1.82, 2.24) is 15.3 Å². The van der Waals surface area contributed by atoms with Crippen LogP contribution in [-0.4, -0.2) is 34.0 Å². The third-order valence-corrected chi connectivity index (χ3v) is 4.03. The molecule has 0 unspecified atom stereocenters. The molecule has 3 rings (SSSR count). The van der Waals surface area contributed by atoms with Gasteiger partial charge in [0.15, 0.2) is 5.78 Å². The average molecular weight is 377 g/mol. The van der Waals surface area contributed by atoms with Gasteiger partial charge in [-0.05, 0) is 37.5 Å². The van der Waals surface area contributed by atoms with Gasteiger partial charge in [-0.15, -0.1) is 0 Å². The summed E-state index contributed by atoms with van der Waals surface area (Å²) < 4.78 is 5.13. The number of benzene rings is 2. The number of rotatable bonds is 5. The van der Waals surface area contributed by atoms with Crippen LogP contribution >= 0.6 is 0 Å². The molecule has 0 radical (unpaired) electrons. The molecule has 0 aliphatic carbocycles. The maximum absolute atomic E-state index is 12.3. The van der Waals surface area contributed by atoms with Crippen LogP contribution in [0.4, 0.5) is 4.79 Å². The first-order chi connectivity index (χ1) is 13.3. The van der Waals surface area contributed by atoms with Gasteiger partial charge >= 0.3 is 6.09 Å². The molecule has 0 aliphatic heterocycles. The Labute approximate surface area is 164 Å². The second kappa shape index (κ2) is 8.08. The quantitative estimate of drug-likeness (QED) is 0.643. The van der Waals surface area contributed by atoms with Gasteiger partial charge < -0.3 is 15.0 Å². The lowest BCUT2D eigenvalue weighted by Gasteiger charge is -2.19. The predicted octanol–water partition coefficient (Wildman–Crippen LogP) is 4.45. The molecule has 0 atom stereocenters. The molecule has 144 valence electrons.